The molecule has 28 heavy (non-hydrogen) atoms. The summed E-state index contributed by atoms with van der Waals surface area (Å²) < 4.78 is 40.7. The second-order valence-corrected chi connectivity index (χ2v) is 7.38. The topological polar surface area (TPSA) is 40.6 Å². The highest BCUT2D eigenvalue weighted by Gasteiger charge is 2.34. The van der Waals surface area contributed by atoms with Gasteiger partial charge < -0.3 is 9.80 Å². The first kappa shape index (κ1) is 20.3. The molecule has 1 fully saturated rings. The quantitative estimate of drug-likeness (QED) is 0.729. The maximum atomic E-state index is 14.2. The molecule has 1 aliphatic rings. The predicted molar refractivity (Wildman–Crippen MR) is 101 cm³/mol. The molecule has 0 N–H and O–H groups in total. The Morgan fingerprint density at radius 3 is 2.61 bits per heavy atom. The zero-order valence-corrected chi connectivity index (χ0v) is 16.0. The van der Waals surface area contributed by atoms with Crippen molar-refractivity contribution in [3.63, 3.8) is 0 Å². The third-order valence-electron chi connectivity index (χ3n) is 4.55. The van der Waals surface area contributed by atoms with Crippen LogP contribution in [0.25, 0.3) is 0 Å². The van der Waals surface area contributed by atoms with E-state index in [1.165, 1.54) is 51.9 Å². The summed E-state index contributed by atoms with van der Waals surface area (Å²) in [4.78, 5) is 27.9. The molecule has 0 saturated carbocycles. The smallest absolute Gasteiger partial charge is 0.254 e. The number of amides is 2. The molecular weight excluding hydrogens is 389 g/mol. The number of likely N-dealkylation sites (N-methyl/N-ethyl adjacent to an activating group) is 1. The fourth-order valence-corrected chi connectivity index (χ4v) is 4.33. The first-order chi connectivity index (χ1) is 13.4. The van der Waals surface area contributed by atoms with Crippen LogP contribution in [0.2, 0.25) is 0 Å². The summed E-state index contributed by atoms with van der Waals surface area (Å²) in [6.07, 6.45) is 0. The van der Waals surface area contributed by atoms with Crippen molar-refractivity contribution < 1.29 is 22.8 Å². The van der Waals surface area contributed by atoms with E-state index in [0.717, 1.165) is 12.1 Å². The van der Waals surface area contributed by atoms with Crippen LogP contribution < -0.4 is 0 Å². The third-order valence-corrected chi connectivity index (χ3v) is 5.79. The van der Waals surface area contributed by atoms with Crippen molar-refractivity contribution in [2.75, 3.05) is 25.4 Å². The van der Waals surface area contributed by atoms with Crippen LogP contribution in [-0.2, 0) is 4.79 Å². The van der Waals surface area contributed by atoms with Crippen molar-refractivity contribution in [1.29, 1.82) is 0 Å². The Morgan fingerprint density at radius 1 is 1.18 bits per heavy atom. The Balaban J connectivity index is 1.73. The van der Waals surface area contributed by atoms with Crippen LogP contribution in [0, 0.1) is 17.5 Å². The highest BCUT2D eigenvalue weighted by molar-refractivity contribution is 8.00. The average Bonchev–Trinajstić information content (AvgIpc) is 3.02. The minimum atomic E-state index is -0.708. The summed E-state index contributed by atoms with van der Waals surface area (Å²) in [5.74, 6) is -2.22. The van der Waals surface area contributed by atoms with Crippen LogP contribution >= 0.6 is 11.8 Å². The van der Waals surface area contributed by atoms with Crippen molar-refractivity contribution in [1.82, 2.24) is 9.80 Å². The van der Waals surface area contributed by atoms with E-state index in [-0.39, 0.29) is 41.8 Å². The van der Waals surface area contributed by atoms with Crippen LogP contribution in [0.5, 0.6) is 0 Å². The minimum Gasteiger partial charge on any atom is -0.337 e. The molecule has 148 valence electrons. The van der Waals surface area contributed by atoms with Gasteiger partial charge in [-0.1, -0.05) is 12.1 Å². The predicted octanol–water partition coefficient (Wildman–Crippen LogP) is 3.84. The number of carbonyl (C=O) groups excluding carboxylic acids is 2. The summed E-state index contributed by atoms with van der Waals surface area (Å²) in [5, 5.41) is -0.573. The molecule has 1 atom stereocenters. The van der Waals surface area contributed by atoms with E-state index < -0.39 is 22.8 Å². The zero-order chi connectivity index (χ0) is 20.3. The van der Waals surface area contributed by atoms with Gasteiger partial charge in [0.05, 0.1) is 5.75 Å². The Hall–Kier alpha value is -2.48. The molecule has 0 bridgehead atoms. The number of hydrogen-bond acceptors (Lipinski definition) is 3. The van der Waals surface area contributed by atoms with Crippen molar-refractivity contribution >= 4 is 23.6 Å². The highest BCUT2D eigenvalue weighted by atomic mass is 32.2. The number of halogens is 3. The largest absolute Gasteiger partial charge is 0.337 e. The number of carbonyl (C=O) groups is 2. The molecule has 2 amide bonds. The Kier molecular flexibility index (Phi) is 6.28. The van der Waals surface area contributed by atoms with Gasteiger partial charge in [0, 0.05) is 36.8 Å². The van der Waals surface area contributed by atoms with Crippen LogP contribution in [0.4, 0.5) is 13.2 Å². The molecule has 0 spiro atoms. The van der Waals surface area contributed by atoms with Crippen molar-refractivity contribution in [3.05, 3.63) is 71.0 Å². The van der Waals surface area contributed by atoms with Gasteiger partial charge in [-0.05, 0) is 31.2 Å². The van der Waals surface area contributed by atoms with Gasteiger partial charge in [-0.15, -0.1) is 11.8 Å². The lowest BCUT2D eigenvalue weighted by Crippen LogP contribution is -2.40. The van der Waals surface area contributed by atoms with Gasteiger partial charge in [0.1, 0.15) is 22.8 Å². The molecule has 2 aromatic rings. The minimum absolute atomic E-state index is 0.173. The molecule has 1 saturated heterocycles. The van der Waals surface area contributed by atoms with E-state index in [4.69, 9.17) is 0 Å². The van der Waals surface area contributed by atoms with E-state index in [0.29, 0.717) is 6.54 Å². The fourth-order valence-electron chi connectivity index (χ4n) is 3.09. The molecule has 3 rings (SSSR count). The van der Waals surface area contributed by atoms with Crippen LogP contribution in [-0.4, -0.2) is 47.0 Å². The fraction of sp³-hybridized carbons (Fsp3) is 0.300. The highest BCUT2D eigenvalue weighted by Crippen LogP contribution is 2.39. The average molecular weight is 408 g/mol. The van der Waals surface area contributed by atoms with Crippen molar-refractivity contribution in [3.8, 4) is 0 Å². The molecule has 1 unspecified atom stereocenters. The van der Waals surface area contributed by atoms with Gasteiger partial charge in [-0.2, -0.15) is 0 Å². The number of benzene rings is 2. The van der Waals surface area contributed by atoms with Gasteiger partial charge in [0.25, 0.3) is 5.91 Å². The molecular formula is C20H19F3N2O2S. The molecule has 1 aliphatic heterocycles. The van der Waals surface area contributed by atoms with E-state index >= 15 is 0 Å². The van der Waals surface area contributed by atoms with Gasteiger partial charge in [0.2, 0.25) is 5.91 Å². The van der Waals surface area contributed by atoms with Gasteiger partial charge in [-0.3, -0.25) is 9.59 Å². The molecule has 8 heteroatoms. The number of thioether (sulfide) groups is 1. The molecule has 2 aromatic carbocycles. The van der Waals surface area contributed by atoms with E-state index in [1.54, 1.807) is 6.92 Å². The normalized spacial score (nSPS) is 16.5. The Morgan fingerprint density at radius 2 is 1.93 bits per heavy atom. The van der Waals surface area contributed by atoms with E-state index in [9.17, 15) is 22.8 Å². The SMILES string of the molecule is CCN(CCN1C(=O)CSC1c1ccc(F)cc1F)C(=O)c1cccc(F)c1. The number of nitrogens with zero attached hydrogens (tertiary/aromatic N) is 2. The molecule has 0 aliphatic carbocycles. The molecule has 0 aromatic heterocycles. The second kappa shape index (κ2) is 8.68. The van der Waals surface area contributed by atoms with Crippen LogP contribution in [0.15, 0.2) is 42.5 Å². The maximum Gasteiger partial charge on any atom is 0.254 e. The third kappa shape index (κ3) is 4.32. The summed E-state index contributed by atoms with van der Waals surface area (Å²) in [7, 11) is 0. The molecule has 0 radical (unpaired) electrons. The lowest BCUT2D eigenvalue weighted by molar-refractivity contribution is -0.128. The molecule has 1 heterocycles. The first-order valence-electron chi connectivity index (χ1n) is 8.81. The maximum absolute atomic E-state index is 14.2. The zero-order valence-electron chi connectivity index (χ0n) is 15.2. The second-order valence-electron chi connectivity index (χ2n) is 6.31. The summed E-state index contributed by atoms with van der Waals surface area (Å²) in [6.45, 7) is 2.58. The summed E-state index contributed by atoms with van der Waals surface area (Å²) >= 11 is 1.26. The van der Waals surface area contributed by atoms with Crippen molar-refractivity contribution in [2.45, 2.75) is 12.3 Å². The van der Waals surface area contributed by atoms with Crippen LogP contribution in [0.3, 0.4) is 0 Å². The number of rotatable bonds is 6. The number of hydrogen-bond donors (Lipinski definition) is 0. The summed E-state index contributed by atoms with van der Waals surface area (Å²) in [6, 6.07) is 8.71. The van der Waals surface area contributed by atoms with Gasteiger partial charge >= 0.3 is 0 Å². The lowest BCUT2D eigenvalue weighted by atomic mass is 10.1. The molecule has 4 nitrogen and oxygen atoms in total. The van der Waals surface area contributed by atoms with Gasteiger partial charge in [0.15, 0.2) is 0 Å². The Bertz CT molecular complexity index is 894. The van der Waals surface area contributed by atoms with Gasteiger partial charge in [-0.25, -0.2) is 13.2 Å². The Labute approximate surface area is 165 Å². The lowest BCUT2D eigenvalue weighted by Gasteiger charge is -2.28. The standard InChI is InChI=1S/C20H19F3N2O2S/c1-2-24(19(27)13-4-3-5-14(21)10-13)8-9-25-18(26)12-28-20(25)16-7-6-15(22)11-17(16)23/h3-7,10-11,20H,2,8-9,12H2,1H3. The monoisotopic (exact) mass is 408 g/mol. The van der Waals surface area contributed by atoms with Crippen molar-refractivity contribution in [2.24, 2.45) is 0 Å². The first-order valence-corrected chi connectivity index (χ1v) is 9.86. The van der Waals surface area contributed by atoms with E-state index in [2.05, 4.69) is 0 Å². The van der Waals surface area contributed by atoms with Crippen LogP contribution in [0.1, 0.15) is 28.2 Å². The van der Waals surface area contributed by atoms with E-state index in [1.807, 2.05) is 0 Å². The summed E-state index contributed by atoms with van der Waals surface area (Å²) in [5.41, 5.74) is 0.460.